The summed E-state index contributed by atoms with van der Waals surface area (Å²) in [4.78, 5) is 8.61. The van der Waals surface area contributed by atoms with Crippen LogP contribution in [0.25, 0.3) is 0 Å². The summed E-state index contributed by atoms with van der Waals surface area (Å²) in [6, 6.07) is 3.69. The standard InChI is InChI=1S/C19H30F2N4O2S.HI/c1-4-18(16-7-6-15(20)14-17(16)21)24-9-11-25(12-10-24)19(22-2)23-8-5-13-28(3,26)27;/h6-7,14,18H,4-5,8-13H2,1-3H3,(H,22,23);1H. The molecular weight excluding hydrogens is 513 g/mol. The fourth-order valence-corrected chi connectivity index (χ4v) is 4.23. The summed E-state index contributed by atoms with van der Waals surface area (Å²) in [7, 11) is -1.26. The molecule has 1 aliphatic rings. The normalized spacial score (nSPS) is 17.0. The van der Waals surface area contributed by atoms with Crippen LogP contribution in [0.4, 0.5) is 8.78 Å². The number of rotatable bonds is 7. The number of aliphatic imine (C=N–C) groups is 1. The molecule has 0 saturated carbocycles. The molecule has 0 spiro atoms. The summed E-state index contributed by atoms with van der Waals surface area (Å²) in [5, 5.41) is 3.21. The molecule has 0 aromatic heterocycles. The van der Waals surface area contributed by atoms with Crippen LogP contribution < -0.4 is 5.32 Å². The van der Waals surface area contributed by atoms with Crippen LogP contribution in [-0.4, -0.2) is 76.0 Å². The molecule has 1 heterocycles. The van der Waals surface area contributed by atoms with Gasteiger partial charge in [0.1, 0.15) is 21.5 Å². The van der Waals surface area contributed by atoms with Crippen molar-refractivity contribution in [3.05, 3.63) is 35.4 Å². The molecule has 1 atom stereocenters. The van der Waals surface area contributed by atoms with E-state index in [0.29, 0.717) is 18.5 Å². The molecule has 1 fully saturated rings. The molecule has 1 aromatic carbocycles. The highest BCUT2D eigenvalue weighted by atomic mass is 127. The third-order valence-corrected chi connectivity index (χ3v) is 5.98. The molecule has 10 heteroatoms. The van der Waals surface area contributed by atoms with Gasteiger partial charge in [0.25, 0.3) is 0 Å². The van der Waals surface area contributed by atoms with Crippen molar-refractivity contribution < 1.29 is 17.2 Å². The van der Waals surface area contributed by atoms with Gasteiger partial charge in [-0.05, 0) is 18.9 Å². The molecule has 1 saturated heterocycles. The Labute approximate surface area is 189 Å². The predicted octanol–water partition coefficient (Wildman–Crippen LogP) is 2.66. The number of benzene rings is 1. The number of sulfone groups is 1. The summed E-state index contributed by atoms with van der Waals surface area (Å²) >= 11 is 0. The number of guanidine groups is 1. The second kappa shape index (κ2) is 12.0. The van der Waals surface area contributed by atoms with Crippen LogP contribution >= 0.6 is 24.0 Å². The maximum atomic E-state index is 14.2. The Hall–Kier alpha value is -1.01. The number of hydrogen-bond acceptors (Lipinski definition) is 4. The summed E-state index contributed by atoms with van der Waals surface area (Å²) in [6.45, 7) is 5.47. The van der Waals surface area contributed by atoms with Gasteiger partial charge in [0.15, 0.2) is 5.96 Å². The van der Waals surface area contributed by atoms with Crippen molar-refractivity contribution in [3.8, 4) is 0 Å². The van der Waals surface area contributed by atoms with Crippen molar-refractivity contribution in [2.45, 2.75) is 25.8 Å². The fraction of sp³-hybridized carbons (Fsp3) is 0.632. The molecule has 1 aliphatic heterocycles. The van der Waals surface area contributed by atoms with Crippen LogP contribution in [0.1, 0.15) is 31.4 Å². The fourth-order valence-electron chi connectivity index (χ4n) is 3.56. The second-order valence-corrected chi connectivity index (χ2v) is 9.33. The number of nitrogens with one attached hydrogen (secondary N) is 1. The summed E-state index contributed by atoms with van der Waals surface area (Å²) < 4.78 is 49.9. The van der Waals surface area contributed by atoms with Crippen LogP contribution in [-0.2, 0) is 9.84 Å². The Morgan fingerprint density at radius 1 is 1.24 bits per heavy atom. The van der Waals surface area contributed by atoms with E-state index in [2.05, 4.69) is 20.1 Å². The zero-order valence-corrected chi connectivity index (χ0v) is 20.3. The molecule has 0 radical (unpaired) electrons. The minimum Gasteiger partial charge on any atom is -0.356 e. The van der Waals surface area contributed by atoms with Crippen molar-refractivity contribution in [3.63, 3.8) is 0 Å². The first-order valence-electron chi connectivity index (χ1n) is 9.57. The van der Waals surface area contributed by atoms with Gasteiger partial charge in [-0.1, -0.05) is 13.0 Å². The van der Waals surface area contributed by atoms with E-state index in [1.165, 1.54) is 18.4 Å². The van der Waals surface area contributed by atoms with Crippen molar-refractivity contribution in [1.29, 1.82) is 0 Å². The highest BCUT2D eigenvalue weighted by Gasteiger charge is 2.27. The van der Waals surface area contributed by atoms with Crippen molar-refractivity contribution >= 4 is 39.8 Å². The van der Waals surface area contributed by atoms with E-state index < -0.39 is 21.5 Å². The van der Waals surface area contributed by atoms with Crippen molar-refractivity contribution in [2.75, 3.05) is 51.8 Å². The van der Waals surface area contributed by atoms with Crippen LogP contribution in [0, 0.1) is 11.6 Å². The summed E-state index contributed by atoms with van der Waals surface area (Å²) in [5.74, 6) is -0.176. The van der Waals surface area contributed by atoms with E-state index >= 15 is 0 Å². The molecule has 0 bridgehead atoms. The lowest BCUT2D eigenvalue weighted by Gasteiger charge is -2.40. The second-order valence-electron chi connectivity index (χ2n) is 7.07. The Morgan fingerprint density at radius 2 is 1.90 bits per heavy atom. The highest BCUT2D eigenvalue weighted by molar-refractivity contribution is 14.0. The van der Waals surface area contributed by atoms with Gasteiger partial charge >= 0.3 is 0 Å². The Bertz CT molecular complexity index is 784. The topological polar surface area (TPSA) is 65.0 Å². The number of nitrogens with zero attached hydrogens (tertiary/aromatic N) is 3. The number of piperazine rings is 1. The molecule has 0 aliphatic carbocycles. The maximum absolute atomic E-state index is 14.2. The van der Waals surface area contributed by atoms with E-state index in [0.717, 1.165) is 44.6 Å². The zero-order chi connectivity index (χ0) is 20.7. The first-order chi connectivity index (χ1) is 13.2. The van der Waals surface area contributed by atoms with E-state index in [-0.39, 0.29) is 35.8 Å². The van der Waals surface area contributed by atoms with E-state index in [4.69, 9.17) is 0 Å². The Morgan fingerprint density at radius 3 is 2.41 bits per heavy atom. The third-order valence-electron chi connectivity index (χ3n) is 4.95. The number of halogens is 3. The Balaban J connectivity index is 0.00000420. The van der Waals surface area contributed by atoms with Gasteiger partial charge in [-0.2, -0.15) is 0 Å². The quantitative estimate of drug-likeness (QED) is 0.248. The van der Waals surface area contributed by atoms with Gasteiger partial charge in [0.05, 0.1) is 5.75 Å². The Kier molecular flexibility index (Phi) is 10.8. The monoisotopic (exact) mass is 544 g/mol. The van der Waals surface area contributed by atoms with Crippen LogP contribution in [0.2, 0.25) is 0 Å². The minimum absolute atomic E-state index is 0. The largest absolute Gasteiger partial charge is 0.356 e. The van der Waals surface area contributed by atoms with Crippen LogP contribution in [0.3, 0.4) is 0 Å². The predicted molar refractivity (Wildman–Crippen MR) is 124 cm³/mol. The van der Waals surface area contributed by atoms with Gasteiger partial charge in [-0.3, -0.25) is 9.89 Å². The van der Waals surface area contributed by atoms with E-state index in [9.17, 15) is 17.2 Å². The van der Waals surface area contributed by atoms with Gasteiger partial charge in [0, 0.05) is 63.7 Å². The summed E-state index contributed by atoms with van der Waals surface area (Å²) in [6.07, 6.45) is 2.50. The molecule has 6 nitrogen and oxygen atoms in total. The maximum Gasteiger partial charge on any atom is 0.193 e. The molecule has 1 unspecified atom stereocenters. The lowest BCUT2D eigenvalue weighted by Crippen LogP contribution is -2.53. The smallest absolute Gasteiger partial charge is 0.193 e. The molecule has 2 rings (SSSR count). The molecule has 1 N–H and O–H groups in total. The van der Waals surface area contributed by atoms with E-state index in [1.54, 1.807) is 7.05 Å². The number of hydrogen-bond donors (Lipinski definition) is 1. The van der Waals surface area contributed by atoms with Crippen molar-refractivity contribution in [1.82, 2.24) is 15.1 Å². The van der Waals surface area contributed by atoms with Crippen LogP contribution in [0.15, 0.2) is 23.2 Å². The van der Waals surface area contributed by atoms with E-state index in [1.807, 2.05) is 6.92 Å². The van der Waals surface area contributed by atoms with Gasteiger partial charge in [0.2, 0.25) is 0 Å². The third kappa shape index (κ3) is 7.97. The first-order valence-corrected chi connectivity index (χ1v) is 11.6. The lowest BCUT2D eigenvalue weighted by molar-refractivity contribution is 0.124. The molecule has 166 valence electrons. The molecule has 1 aromatic rings. The lowest BCUT2D eigenvalue weighted by atomic mass is 10.0. The first kappa shape index (κ1) is 26.0. The minimum atomic E-state index is -2.96. The average molecular weight is 544 g/mol. The van der Waals surface area contributed by atoms with Crippen molar-refractivity contribution in [2.24, 2.45) is 4.99 Å². The molecular formula is C19H31F2IN4O2S. The SMILES string of the molecule is CCC(c1ccc(F)cc1F)N1CCN(C(=NC)NCCCS(C)(=O)=O)CC1.I. The average Bonchev–Trinajstić information content (AvgIpc) is 2.64. The molecule has 29 heavy (non-hydrogen) atoms. The van der Waals surface area contributed by atoms with Crippen LogP contribution in [0.5, 0.6) is 0 Å². The zero-order valence-electron chi connectivity index (χ0n) is 17.2. The van der Waals surface area contributed by atoms with Gasteiger partial charge in [-0.25, -0.2) is 17.2 Å². The van der Waals surface area contributed by atoms with Gasteiger partial charge < -0.3 is 10.2 Å². The van der Waals surface area contributed by atoms with Gasteiger partial charge in [-0.15, -0.1) is 24.0 Å². The highest BCUT2D eigenvalue weighted by Crippen LogP contribution is 2.28. The molecule has 0 amide bonds. The summed E-state index contributed by atoms with van der Waals surface area (Å²) in [5.41, 5.74) is 0.528.